The molecular weight excluding hydrogens is 266 g/mol. The highest BCUT2D eigenvalue weighted by molar-refractivity contribution is 5.93. The van der Waals surface area contributed by atoms with E-state index < -0.39 is 0 Å². The molecule has 5 heteroatoms. The van der Waals surface area contributed by atoms with Gasteiger partial charge in [-0.2, -0.15) is 0 Å². The van der Waals surface area contributed by atoms with E-state index in [2.05, 4.69) is 5.32 Å². The molecule has 0 spiro atoms. The molecule has 0 heterocycles. The number of hydrogen-bond donors (Lipinski definition) is 2. The second kappa shape index (κ2) is 8.42. The van der Waals surface area contributed by atoms with Gasteiger partial charge in [-0.15, -0.1) is 0 Å². The SMILES string of the molecule is CCCC(CN)C(=O)Nc1ccccc1CN(C)C(C)=O. The van der Waals surface area contributed by atoms with Crippen LogP contribution in [0.1, 0.15) is 32.3 Å². The first-order valence-corrected chi connectivity index (χ1v) is 7.30. The molecule has 0 bridgehead atoms. The predicted octanol–water partition coefficient (Wildman–Crippen LogP) is 1.98. The summed E-state index contributed by atoms with van der Waals surface area (Å²) in [6.45, 7) is 4.36. The number of nitrogens with one attached hydrogen (secondary N) is 1. The lowest BCUT2D eigenvalue weighted by atomic mass is 10.0. The van der Waals surface area contributed by atoms with E-state index in [0.29, 0.717) is 13.1 Å². The first-order valence-electron chi connectivity index (χ1n) is 7.30. The minimum Gasteiger partial charge on any atom is -0.342 e. The van der Waals surface area contributed by atoms with E-state index in [1.165, 1.54) is 6.92 Å². The molecule has 0 saturated heterocycles. The van der Waals surface area contributed by atoms with Crippen molar-refractivity contribution in [3.8, 4) is 0 Å². The highest BCUT2D eigenvalue weighted by atomic mass is 16.2. The van der Waals surface area contributed by atoms with E-state index in [1.54, 1.807) is 11.9 Å². The van der Waals surface area contributed by atoms with Crippen LogP contribution in [0.3, 0.4) is 0 Å². The van der Waals surface area contributed by atoms with E-state index >= 15 is 0 Å². The molecule has 0 radical (unpaired) electrons. The Morgan fingerprint density at radius 2 is 2.00 bits per heavy atom. The van der Waals surface area contributed by atoms with Crippen LogP contribution in [0.25, 0.3) is 0 Å². The Balaban J connectivity index is 2.83. The van der Waals surface area contributed by atoms with E-state index in [4.69, 9.17) is 5.73 Å². The topological polar surface area (TPSA) is 75.4 Å². The summed E-state index contributed by atoms with van der Waals surface area (Å²) in [6, 6.07) is 7.52. The lowest BCUT2D eigenvalue weighted by Gasteiger charge is -2.19. The number of benzene rings is 1. The summed E-state index contributed by atoms with van der Waals surface area (Å²) in [4.78, 5) is 25.2. The van der Waals surface area contributed by atoms with E-state index in [0.717, 1.165) is 24.1 Å². The van der Waals surface area contributed by atoms with E-state index in [9.17, 15) is 9.59 Å². The van der Waals surface area contributed by atoms with Crippen LogP contribution in [0.2, 0.25) is 0 Å². The maximum atomic E-state index is 12.2. The first-order chi connectivity index (χ1) is 9.99. The van der Waals surface area contributed by atoms with Crippen LogP contribution in [0.15, 0.2) is 24.3 Å². The Hall–Kier alpha value is -1.88. The van der Waals surface area contributed by atoms with Gasteiger partial charge in [-0.05, 0) is 18.1 Å². The summed E-state index contributed by atoms with van der Waals surface area (Å²) >= 11 is 0. The first kappa shape index (κ1) is 17.2. The van der Waals surface area contributed by atoms with Crippen molar-refractivity contribution in [1.29, 1.82) is 0 Å². The Kier molecular flexibility index (Phi) is 6.88. The molecule has 0 fully saturated rings. The fourth-order valence-corrected chi connectivity index (χ4v) is 2.09. The van der Waals surface area contributed by atoms with Gasteiger partial charge in [0.15, 0.2) is 0 Å². The third-order valence-corrected chi connectivity index (χ3v) is 3.51. The molecule has 1 rings (SSSR count). The van der Waals surface area contributed by atoms with Gasteiger partial charge in [-0.25, -0.2) is 0 Å². The zero-order valence-corrected chi connectivity index (χ0v) is 13.1. The quantitative estimate of drug-likeness (QED) is 0.806. The van der Waals surface area contributed by atoms with Gasteiger partial charge in [0.1, 0.15) is 0 Å². The van der Waals surface area contributed by atoms with Gasteiger partial charge >= 0.3 is 0 Å². The van der Waals surface area contributed by atoms with Gasteiger partial charge in [0, 0.05) is 32.7 Å². The van der Waals surface area contributed by atoms with Crippen molar-refractivity contribution in [2.45, 2.75) is 33.2 Å². The molecule has 1 unspecified atom stereocenters. The summed E-state index contributed by atoms with van der Waals surface area (Å²) in [6.07, 6.45) is 1.70. The van der Waals surface area contributed by atoms with Crippen LogP contribution < -0.4 is 11.1 Å². The number of nitrogens with zero attached hydrogens (tertiary/aromatic N) is 1. The highest BCUT2D eigenvalue weighted by Crippen LogP contribution is 2.18. The van der Waals surface area contributed by atoms with Gasteiger partial charge < -0.3 is 16.0 Å². The fraction of sp³-hybridized carbons (Fsp3) is 0.500. The van der Waals surface area contributed by atoms with Crippen LogP contribution in [0, 0.1) is 5.92 Å². The molecule has 2 amide bonds. The predicted molar refractivity (Wildman–Crippen MR) is 84.7 cm³/mol. The van der Waals surface area contributed by atoms with Crippen molar-refractivity contribution in [2.24, 2.45) is 11.7 Å². The number of nitrogens with two attached hydrogens (primary N) is 1. The van der Waals surface area contributed by atoms with Crippen LogP contribution in [-0.2, 0) is 16.1 Å². The number of hydrogen-bond acceptors (Lipinski definition) is 3. The van der Waals surface area contributed by atoms with Crippen molar-refractivity contribution < 1.29 is 9.59 Å². The molecule has 3 N–H and O–H groups in total. The van der Waals surface area contributed by atoms with Gasteiger partial charge in [-0.1, -0.05) is 31.5 Å². The maximum absolute atomic E-state index is 12.2. The lowest BCUT2D eigenvalue weighted by Crippen LogP contribution is -2.30. The Morgan fingerprint density at radius 1 is 1.33 bits per heavy atom. The highest BCUT2D eigenvalue weighted by Gasteiger charge is 2.17. The lowest BCUT2D eigenvalue weighted by molar-refractivity contribution is -0.128. The van der Waals surface area contributed by atoms with E-state index in [1.807, 2.05) is 31.2 Å². The van der Waals surface area contributed by atoms with Gasteiger partial charge in [0.25, 0.3) is 0 Å². The number of carbonyl (C=O) groups excluding carboxylic acids is 2. The van der Waals surface area contributed by atoms with Crippen molar-refractivity contribution in [3.05, 3.63) is 29.8 Å². The molecule has 1 aromatic rings. The minimum atomic E-state index is -0.173. The smallest absolute Gasteiger partial charge is 0.228 e. The molecule has 0 saturated carbocycles. The normalized spacial score (nSPS) is 11.8. The molecule has 1 aromatic carbocycles. The maximum Gasteiger partial charge on any atom is 0.228 e. The zero-order chi connectivity index (χ0) is 15.8. The molecule has 0 aliphatic carbocycles. The molecule has 21 heavy (non-hydrogen) atoms. The molecule has 0 aromatic heterocycles. The number of carbonyl (C=O) groups is 2. The summed E-state index contributed by atoms with van der Waals surface area (Å²) in [7, 11) is 1.74. The third-order valence-electron chi connectivity index (χ3n) is 3.51. The summed E-state index contributed by atoms with van der Waals surface area (Å²) in [5.74, 6) is -0.243. The molecule has 0 aliphatic heterocycles. The van der Waals surface area contributed by atoms with Crippen LogP contribution in [-0.4, -0.2) is 30.3 Å². The van der Waals surface area contributed by atoms with Crippen LogP contribution >= 0.6 is 0 Å². The number of anilines is 1. The molecule has 5 nitrogen and oxygen atoms in total. The number of para-hydroxylation sites is 1. The van der Waals surface area contributed by atoms with Gasteiger partial charge in [0.05, 0.1) is 5.92 Å². The number of amides is 2. The largest absolute Gasteiger partial charge is 0.342 e. The fourth-order valence-electron chi connectivity index (χ4n) is 2.09. The van der Waals surface area contributed by atoms with Gasteiger partial charge in [-0.3, -0.25) is 9.59 Å². The summed E-state index contributed by atoms with van der Waals surface area (Å²) in [5.41, 5.74) is 7.31. The Bertz CT molecular complexity index is 488. The Morgan fingerprint density at radius 3 is 2.57 bits per heavy atom. The standard InChI is InChI=1S/C16H25N3O2/c1-4-7-13(10-17)16(21)18-15-9-6-5-8-14(15)11-19(3)12(2)20/h5-6,8-9,13H,4,7,10-11,17H2,1-3H3,(H,18,21). The Labute approximate surface area is 126 Å². The third kappa shape index (κ3) is 5.19. The van der Waals surface area contributed by atoms with Crippen molar-refractivity contribution in [3.63, 3.8) is 0 Å². The molecule has 1 atom stereocenters. The average molecular weight is 291 g/mol. The molecule has 116 valence electrons. The minimum absolute atomic E-state index is 0.0121. The van der Waals surface area contributed by atoms with Crippen molar-refractivity contribution in [1.82, 2.24) is 4.90 Å². The monoisotopic (exact) mass is 291 g/mol. The van der Waals surface area contributed by atoms with Gasteiger partial charge in [0.2, 0.25) is 11.8 Å². The number of rotatable bonds is 7. The summed E-state index contributed by atoms with van der Waals surface area (Å²) < 4.78 is 0. The van der Waals surface area contributed by atoms with Crippen molar-refractivity contribution >= 4 is 17.5 Å². The zero-order valence-electron chi connectivity index (χ0n) is 13.1. The second-order valence-electron chi connectivity index (χ2n) is 5.24. The second-order valence-corrected chi connectivity index (χ2v) is 5.24. The molecule has 0 aliphatic rings. The van der Waals surface area contributed by atoms with E-state index in [-0.39, 0.29) is 17.7 Å². The van der Waals surface area contributed by atoms with Crippen molar-refractivity contribution in [2.75, 3.05) is 18.9 Å². The average Bonchev–Trinajstić information content (AvgIpc) is 2.46. The van der Waals surface area contributed by atoms with Crippen LogP contribution in [0.4, 0.5) is 5.69 Å². The van der Waals surface area contributed by atoms with Crippen LogP contribution in [0.5, 0.6) is 0 Å². The molecular formula is C16H25N3O2. The summed E-state index contributed by atoms with van der Waals surface area (Å²) in [5, 5.41) is 2.93.